The Morgan fingerprint density at radius 1 is 0.617 bits per heavy atom. The number of fused-ring (bicyclic) bond motifs is 6. The summed E-state index contributed by atoms with van der Waals surface area (Å²) in [7, 11) is 0. The summed E-state index contributed by atoms with van der Waals surface area (Å²) in [5, 5.41) is 7.63. The lowest BCUT2D eigenvalue weighted by Crippen LogP contribution is -2.35. The van der Waals surface area contributed by atoms with Crippen LogP contribution in [0.1, 0.15) is 32.1 Å². The molecule has 238 valence electrons. The highest BCUT2D eigenvalue weighted by Crippen LogP contribution is 2.38. The number of hydrogen-bond donors (Lipinski definition) is 2. The van der Waals surface area contributed by atoms with Gasteiger partial charge in [-0.3, -0.25) is 9.59 Å². The third-order valence-corrected chi connectivity index (χ3v) is 9.06. The number of aromatic nitrogens is 2. The van der Waals surface area contributed by atoms with Gasteiger partial charge in [-0.25, -0.2) is 17.6 Å². The lowest BCUT2D eigenvalue weighted by Gasteiger charge is -2.18. The van der Waals surface area contributed by atoms with Gasteiger partial charge in [0, 0.05) is 53.1 Å². The molecule has 11 heteroatoms. The standard InChI is InChI=1S/C18H14ClFN2O.C18H13F3N2O/c1-10-14-8-13(20)9-15(11-2-4-12(19)5-3-11)17(14)22-7-6-21-18(23)16(10)22;1-9-12-7-11(19)8-13(10-2-3-14(20)15(21)6-10)17(12)23-5-4-22-18(24)16(9)23/h2-5,8-9H,6-7H2,1H3,(H,21,23);2-3,6-8H,4-5H2,1H3,(H,22,24). The van der Waals surface area contributed by atoms with Crippen molar-refractivity contribution in [3.63, 3.8) is 0 Å². The van der Waals surface area contributed by atoms with Gasteiger partial charge in [0.1, 0.15) is 23.0 Å². The Morgan fingerprint density at radius 2 is 1.09 bits per heavy atom. The molecule has 6 nitrogen and oxygen atoms in total. The molecular weight excluding hydrogens is 632 g/mol. The first-order chi connectivity index (χ1) is 22.5. The highest BCUT2D eigenvalue weighted by molar-refractivity contribution is 6.30. The van der Waals surface area contributed by atoms with E-state index in [0.29, 0.717) is 70.2 Å². The maximum Gasteiger partial charge on any atom is 0.268 e. The molecule has 2 amide bonds. The summed E-state index contributed by atoms with van der Waals surface area (Å²) in [6.45, 7) is 5.87. The molecule has 2 N–H and O–H groups in total. The van der Waals surface area contributed by atoms with Crippen LogP contribution in [0.5, 0.6) is 0 Å². The molecule has 0 saturated heterocycles. The zero-order valence-corrected chi connectivity index (χ0v) is 26.0. The fourth-order valence-corrected chi connectivity index (χ4v) is 6.86. The molecular formula is C36H27ClF4N4O2. The summed E-state index contributed by atoms with van der Waals surface area (Å²) < 4.78 is 59.0. The van der Waals surface area contributed by atoms with E-state index in [1.165, 1.54) is 30.3 Å². The van der Waals surface area contributed by atoms with Crippen LogP contribution in [0.25, 0.3) is 44.1 Å². The Balaban J connectivity index is 0.000000150. The first-order valence-electron chi connectivity index (χ1n) is 15.0. The van der Waals surface area contributed by atoms with Gasteiger partial charge in [-0.05, 0) is 84.6 Å². The zero-order valence-electron chi connectivity index (χ0n) is 25.3. The van der Waals surface area contributed by atoms with Crippen molar-refractivity contribution in [2.75, 3.05) is 13.1 Å². The number of hydrogen-bond acceptors (Lipinski definition) is 2. The highest BCUT2D eigenvalue weighted by atomic mass is 35.5. The lowest BCUT2D eigenvalue weighted by molar-refractivity contribution is 0.0920. The molecule has 2 aliphatic heterocycles. The summed E-state index contributed by atoms with van der Waals surface area (Å²) in [5.74, 6) is -3.08. The molecule has 8 rings (SSSR count). The number of aryl methyl sites for hydroxylation is 2. The third kappa shape index (κ3) is 5.13. The molecule has 0 aliphatic carbocycles. The average molecular weight is 659 g/mol. The lowest BCUT2D eigenvalue weighted by atomic mass is 10.0. The predicted molar refractivity (Wildman–Crippen MR) is 174 cm³/mol. The Hall–Kier alpha value is -5.09. The van der Waals surface area contributed by atoms with Gasteiger partial charge in [0.25, 0.3) is 11.8 Å². The minimum atomic E-state index is -0.996. The van der Waals surface area contributed by atoms with E-state index in [1.54, 1.807) is 19.1 Å². The van der Waals surface area contributed by atoms with E-state index in [-0.39, 0.29) is 17.6 Å². The number of nitrogens with zero attached hydrogens (tertiary/aromatic N) is 2. The summed E-state index contributed by atoms with van der Waals surface area (Å²) in [6, 6.07) is 16.5. The fraction of sp³-hybridized carbons (Fsp3) is 0.167. The van der Waals surface area contributed by atoms with Gasteiger partial charge in [0.2, 0.25) is 0 Å². The van der Waals surface area contributed by atoms with Crippen molar-refractivity contribution < 1.29 is 27.2 Å². The van der Waals surface area contributed by atoms with Crippen LogP contribution in [0.15, 0.2) is 66.7 Å². The van der Waals surface area contributed by atoms with Crippen LogP contribution < -0.4 is 10.6 Å². The zero-order chi connectivity index (χ0) is 33.1. The van der Waals surface area contributed by atoms with E-state index in [0.717, 1.165) is 39.7 Å². The maximum absolute atomic E-state index is 14.2. The van der Waals surface area contributed by atoms with Crippen LogP contribution in [-0.4, -0.2) is 34.0 Å². The molecule has 4 heterocycles. The van der Waals surface area contributed by atoms with Crippen molar-refractivity contribution >= 4 is 45.2 Å². The number of nitrogens with one attached hydrogen (secondary N) is 2. The third-order valence-electron chi connectivity index (χ3n) is 8.81. The first-order valence-corrected chi connectivity index (χ1v) is 15.3. The quantitative estimate of drug-likeness (QED) is 0.186. The Kier molecular flexibility index (Phi) is 7.55. The number of carbonyl (C=O) groups excluding carboxylic acids is 2. The van der Waals surface area contributed by atoms with Crippen LogP contribution in [0.2, 0.25) is 5.02 Å². The SMILES string of the molecule is Cc1c2n(c3c(-c4ccc(Cl)cc4)cc(F)cc13)CCNC2=O.Cc1c2n(c3c(-c4ccc(F)c(F)c4)cc(F)cc13)CCNC2=O. The van der Waals surface area contributed by atoms with Crippen LogP contribution in [0.4, 0.5) is 17.6 Å². The number of benzene rings is 4. The fourth-order valence-electron chi connectivity index (χ4n) is 6.73. The molecule has 0 fully saturated rings. The summed E-state index contributed by atoms with van der Waals surface area (Å²) in [6.07, 6.45) is 0. The molecule has 0 radical (unpaired) electrons. The number of halogens is 5. The minimum absolute atomic E-state index is 0.104. The van der Waals surface area contributed by atoms with Crippen molar-refractivity contribution in [2.24, 2.45) is 0 Å². The van der Waals surface area contributed by atoms with Crippen molar-refractivity contribution in [3.8, 4) is 22.3 Å². The first kappa shape index (κ1) is 30.6. The van der Waals surface area contributed by atoms with Crippen LogP contribution in [0.3, 0.4) is 0 Å². The predicted octanol–water partition coefficient (Wildman–Crippen LogP) is 7.93. The monoisotopic (exact) mass is 658 g/mol. The minimum Gasteiger partial charge on any atom is -0.349 e. The van der Waals surface area contributed by atoms with Crippen LogP contribution >= 0.6 is 11.6 Å². The Labute approximate surface area is 271 Å². The molecule has 0 unspecified atom stereocenters. The van der Waals surface area contributed by atoms with E-state index in [2.05, 4.69) is 10.6 Å². The number of amides is 2. The normalized spacial score (nSPS) is 13.9. The topological polar surface area (TPSA) is 68.1 Å². The van der Waals surface area contributed by atoms with E-state index >= 15 is 0 Å². The summed E-state index contributed by atoms with van der Waals surface area (Å²) in [4.78, 5) is 24.4. The van der Waals surface area contributed by atoms with Crippen molar-refractivity contribution in [1.29, 1.82) is 0 Å². The van der Waals surface area contributed by atoms with Gasteiger partial charge in [-0.2, -0.15) is 0 Å². The van der Waals surface area contributed by atoms with Gasteiger partial charge >= 0.3 is 0 Å². The van der Waals surface area contributed by atoms with E-state index < -0.39 is 17.5 Å². The second kappa shape index (κ2) is 11.6. The van der Waals surface area contributed by atoms with Gasteiger partial charge in [-0.15, -0.1) is 0 Å². The molecule has 0 bridgehead atoms. The second-order valence-corrected chi connectivity index (χ2v) is 12.0. The van der Waals surface area contributed by atoms with Crippen molar-refractivity contribution in [3.05, 3.63) is 118 Å². The number of rotatable bonds is 2. The van der Waals surface area contributed by atoms with Gasteiger partial charge in [0.05, 0.1) is 11.0 Å². The summed E-state index contributed by atoms with van der Waals surface area (Å²) >= 11 is 5.96. The molecule has 0 spiro atoms. The van der Waals surface area contributed by atoms with Gasteiger partial charge in [0.15, 0.2) is 11.6 Å². The van der Waals surface area contributed by atoms with Crippen molar-refractivity contribution in [2.45, 2.75) is 26.9 Å². The second-order valence-electron chi connectivity index (χ2n) is 11.6. The number of carbonyl (C=O) groups is 2. The molecule has 6 aromatic rings. The summed E-state index contributed by atoms with van der Waals surface area (Å²) in [5.41, 5.74) is 6.60. The molecule has 0 saturated carbocycles. The smallest absolute Gasteiger partial charge is 0.268 e. The Bertz CT molecular complexity index is 2270. The molecule has 2 aromatic heterocycles. The van der Waals surface area contributed by atoms with Gasteiger partial charge < -0.3 is 19.8 Å². The van der Waals surface area contributed by atoms with E-state index in [1.807, 2.05) is 28.2 Å². The van der Waals surface area contributed by atoms with Crippen LogP contribution in [-0.2, 0) is 13.1 Å². The molecule has 4 aromatic carbocycles. The highest BCUT2D eigenvalue weighted by Gasteiger charge is 2.27. The molecule has 2 aliphatic rings. The van der Waals surface area contributed by atoms with E-state index in [4.69, 9.17) is 11.6 Å². The average Bonchev–Trinajstić information content (AvgIpc) is 3.50. The largest absolute Gasteiger partial charge is 0.349 e. The van der Waals surface area contributed by atoms with Gasteiger partial charge in [-0.1, -0.05) is 29.8 Å². The maximum atomic E-state index is 14.2. The van der Waals surface area contributed by atoms with Crippen molar-refractivity contribution in [1.82, 2.24) is 19.8 Å². The molecule has 0 atom stereocenters. The Morgan fingerprint density at radius 3 is 1.57 bits per heavy atom. The van der Waals surface area contributed by atoms with Crippen LogP contribution in [0, 0.1) is 37.1 Å². The molecule has 47 heavy (non-hydrogen) atoms. The van der Waals surface area contributed by atoms with E-state index in [9.17, 15) is 27.2 Å².